The molecule has 2 rings (SSSR count). The highest BCUT2D eigenvalue weighted by atomic mass is 16.2. The second-order valence-electron chi connectivity index (χ2n) is 2.74. The van der Waals surface area contributed by atoms with Gasteiger partial charge in [0.2, 0.25) is 5.70 Å². The number of nitrogens with zero attached hydrogens (tertiary/aromatic N) is 2. The SMILES string of the molecule is C=C1C(=O)N(C)c2cccc[n+]21. The summed E-state index contributed by atoms with van der Waals surface area (Å²) in [5, 5.41) is 0. The number of amides is 1. The average molecular weight is 161 g/mol. The van der Waals surface area contributed by atoms with Gasteiger partial charge in [-0.1, -0.05) is 6.07 Å². The molecular weight excluding hydrogens is 152 g/mol. The molecule has 2 heterocycles. The van der Waals surface area contributed by atoms with Crippen LogP contribution >= 0.6 is 0 Å². The Morgan fingerprint density at radius 1 is 1.50 bits per heavy atom. The fourth-order valence-electron chi connectivity index (χ4n) is 1.34. The Labute approximate surface area is 70.5 Å². The van der Waals surface area contributed by atoms with Crippen LogP contribution in [0.3, 0.4) is 0 Å². The van der Waals surface area contributed by atoms with Gasteiger partial charge in [0, 0.05) is 6.07 Å². The van der Waals surface area contributed by atoms with Crippen LogP contribution in [0.15, 0.2) is 31.0 Å². The van der Waals surface area contributed by atoms with Gasteiger partial charge < -0.3 is 0 Å². The third kappa shape index (κ3) is 0.704. The lowest BCUT2D eigenvalue weighted by molar-refractivity contribution is -0.557. The molecule has 1 aliphatic rings. The molecule has 1 aromatic heterocycles. The summed E-state index contributed by atoms with van der Waals surface area (Å²) in [7, 11) is 1.74. The Kier molecular flexibility index (Phi) is 1.27. The second-order valence-corrected chi connectivity index (χ2v) is 2.74. The van der Waals surface area contributed by atoms with Gasteiger partial charge in [-0.3, -0.25) is 0 Å². The molecule has 0 saturated heterocycles. The van der Waals surface area contributed by atoms with E-state index in [1.54, 1.807) is 16.5 Å². The van der Waals surface area contributed by atoms with Crippen molar-refractivity contribution in [2.24, 2.45) is 0 Å². The van der Waals surface area contributed by atoms with Gasteiger partial charge in [0.25, 0.3) is 5.82 Å². The van der Waals surface area contributed by atoms with E-state index in [-0.39, 0.29) is 5.91 Å². The second kappa shape index (κ2) is 2.17. The molecule has 0 spiro atoms. The minimum atomic E-state index is -0.0406. The lowest BCUT2D eigenvalue weighted by Crippen LogP contribution is -2.28. The quantitative estimate of drug-likeness (QED) is 0.399. The maximum atomic E-state index is 11.4. The predicted molar refractivity (Wildman–Crippen MR) is 45.4 cm³/mol. The molecule has 1 amide bonds. The Morgan fingerprint density at radius 3 is 2.92 bits per heavy atom. The monoisotopic (exact) mass is 161 g/mol. The van der Waals surface area contributed by atoms with Crippen molar-refractivity contribution < 1.29 is 9.36 Å². The van der Waals surface area contributed by atoms with Crippen LogP contribution in [0.4, 0.5) is 5.82 Å². The Bertz CT molecular complexity index is 371. The van der Waals surface area contributed by atoms with Gasteiger partial charge in [0.15, 0.2) is 0 Å². The number of fused-ring (bicyclic) bond motifs is 1. The van der Waals surface area contributed by atoms with Crippen molar-refractivity contribution in [3.8, 4) is 0 Å². The number of carbonyl (C=O) groups is 1. The first-order valence-corrected chi connectivity index (χ1v) is 3.70. The van der Waals surface area contributed by atoms with Crippen LogP contribution in [0.5, 0.6) is 0 Å². The number of pyridine rings is 1. The summed E-state index contributed by atoms with van der Waals surface area (Å²) in [5.74, 6) is 0.828. The van der Waals surface area contributed by atoms with Crippen molar-refractivity contribution >= 4 is 17.4 Å². The molecule has 12 heavy (non-hydrogen) atoms. The Hall–Kier alpha value is -1.64. The standard InChI is InChI=1S/C9H9N2O/c1-7-9(12)10(2)8-5-3-4-6-11(7)8/h3-6H,1H2,2H3/q+1. The van der Waals surface area contributed by atoms with Crippen molar-refractivity contribution in [1.82, 2.24) is 0 Å². The van der Waals surface area contributed by atoms with Gasteiger partial charge in [0.1, 0.15) is 0 Å². The normalized spacial score (nSPS) is 15.2. The fraction of sp³-hybridized carbons (Fsp3) is 0.111. The number of aromatic nitrogens is 1. The summed E-state index contributed by atoms with van der Waals surface area (Å²) in [5.41, 5.74) is 0.508. The van der Waals surface area contributed by atoms with Crippen molar-refractivity contribution in [3.05, 3.63) is 31.0 Å². The van der Waals surface area contributed by atoms with Crippen LogP contribution < -0.4 is 9.47 Å². The first-order valence-electron chi connectivity index (χ1n) is 3.70. The van der Waals surface area contributed by atoms with E-state index in [4.69, 9.17) is 0 Å². The lowest BCUT2D eigenvalue weighted by Gasteiger charge is -1.96. The largest absolute Gasteiger partial charge is 0.380 e. The summed E-state index contributed by atoms with van der Waals surface area (Å²) in [4.78, 5) is 13.0. The van der Waals surface area contributed by atoms with Gasteiger partial charge in [-0.15, -0.1) is 0 Å². The number of likely N-dealkylation sites (N-methyl/N-ethyl adjacent to an activating group) is 1. The van der Waals surface area contributed by atoms with Crippen LogP contribution in [-0.2, 0) is 4.79 Å². The summed E-state index contributed by atoms with van der Waals surface area (Å²) < 4.78 is 1.78. The minimum absolute atomic E-state index is 0.0406. The average Bonchev–Trinajstić information content (AvgIpc) is 2.33. The van der Waals surface area contributed by atoms with Crippen LogP contribution in [0.1, 0.15) is 0 Å². The highest BCUT2D eigenvalue weighted by molar-refractivity contribution is 6.19. The van der Waals surface area contributed by atoms with Gasteiger partial charge in [-0.05, 0) is 12.6 Å². The van der Waals surface area contributed by atoms with E-state index >= 15 is 0 Å². The molecule has 0 fully saturated rings. The molecule has 1 aliphatic heterocycles. The summed E-state index contributed by atoms with van der Waals surface area (Å²) >= 11 is 0. The van der Waals surface area contributed by atoms with E-state index in [1.165, 1.54) is 0 Å². The zero-order valence-corrected chi connectivity index (χ0v) is 6.82. The smallest absolute Gasteiger partial charge is 0.236 e. The number of carbonyl (C=O) groups excluding carboxylic acids is 1. The molecule has 0 aliphatic carbocycles. The molecule has 0 aromatic carbocycles. The summed E-state index contributed by atoms with van der Waals surface area (Å²) in [6.45, 7) is 3.70. The minimum Gasteiger partial charge on any atom is -0.236 e. The van der Waals surface area contributed by atoms with E-state index in [0.29, 0.717) is 5.70 Å². The van der Waals surface area contributed by atoms with Crippen molar-refractivity contribution in [3.63, 3.8) is 0 Å². The molecule has 0 unspecified atom stereocenters. The number of hydrogen-bond donors (Lipinski definition) is 0. The Morgan fingerprint density at radius 2 is 2.25 bits per heavy atom. The van der Waals surface area contributed by atoms with Gasteiger partial charge in [-0.2, -0.15) is 9.47 Å². The predicted octanol–water partition coefficient (Wildman–Crippen LogP) is 0.421. The van der Waals surface area contributed by atoms with Gasteiger partial charge in [0.05, 0.1) is 13.2 Å². The zero-order chi connectivity index (χ0) is 8.72. The molecule has 0 radical (unpaired) electrons. The van der Waals surface area contributed by atoms with Crippen LogP contribution in [0.25, 0.3) is 5.70 Å². The van der Waals surface area contributed by atoms with E-state index in [1.807, 2.05) is 24.4 Å². The van der Waals surface area contributed by atoms with Crippen molar-refractivity contribution in [1.29, 1.82) is 0 Å². The fourth-order valence-corrected chi connectivity index (χ4v) is 1.34. The van der Waals surface area contributed by atoms with Crippen LogP contribution in [-0.4, -0.2) is 13.0 Å². The number of rotatable bonds is 0. The molecule has 0 bridgehead atoms. The molecule has 1 aromatic rings. The number of hydrogen-bond acceptors (Lipinski definition) is 1. The highest BCUT2D eigenvalue weighted by Gasteiger charge is 2.36. The number of anilines is 1. The van der Waals surface area contributed by atoms with Crippen LogP contribution in [0, 0.1) is 0 Å². The lowest BCUT2D eigenvalue weighted by atomic mass is 10.4. The van der Waals surface area contributed by atoms with Crippen molar-refractivity contribution in [2.75, 3.05) is 11.9 Å². The summed E-state index contributed by atoms with van der Waals surface area (Å²) in [6.07, 6.45) is 1.83. The molecule has 0 saturated carbocycles. The summed E-state index contributed by atoms with van der Waals surface area (Å²) in [6, 6.07) is 5.66. The maximum Gasteiger partial charge on any atom is 0.380 e. The van der Waals surface area contributed by atoms with E-state index in [2.05, 4.69) is 6.58 Å². The molecule has 3 heteroatoms. The first kappa shape index (κ1) is 7.03. The van der Waals surface area contributed by atoms with E-state index in [0.717, 1.165) is 5.82 Å². The highest BCUT2D eigenvalue weighted by Crippen LogP contribution is 2.16. The van der Waals surface area contributed by atoms with Crippen molar-refractivity contribution in [2.45, 2.75) is 0 Å². The van der Waals surface area contributed by atoms with Crippen LogP contribution in [0.2, 0.25) is 0 Å². The molecule has 0 atom stereocenters. The topological polar surface area (TPSA) is 24.2 Å². The molecule has 0 N–H and O–H groups in total. The van der Waals surface area contributed by atoms with Gasteiger partial charge >= 0.3 is 5.91 Å². The third-order valence-corrected chi connectivity index (χ3v) is 2.02. The molecule has 60 valence electrons. The first-order chi connectivity index (χ1) is 5.72. The van der Waals surface area contributed by atoms with E-state index in [9.17, 15) is 4.79 Å². The molecule has 3 nitrogen and oxygen atoms in total. The van der Waals surface area contributed by atoms with Gasteiger partial charge in [-0.25, -0.2) is 4.79 Å². The zero-order valence-electron chi connectivity index (χ0n) is 6.82. The molecular formula is C9H9N2O+. The Balaban J connectivity index is 2.67. The van der Waals surface area contributed by atoms with E-state index < -0.39 is 0 Å². The maximum absolute atomic E-state index is 11.4. The third-order valence-electron chi connectivity index (χ3n) is 2.02.